The lowest BCUT2D eigenvalue weighted by molar-refractivity contribution is 0.405. The van der Waals surface area contributed by atoms with Crippen LogP contribution in [0.2, 0.25) is 5.02 Å². The minimum Gasteiger partial charge on any atom is -0.496 e. The van der Waals surface area contributed by atoms with Crippen molar-refractivity contribution >= 4 is 11.6 Å². The molecule has 96 valence electrons. The van der Waals surface area contributed by atoms with Crippen molar-refractivity contribution in [3.05, 3.63) is 47.0 Å². The van der Waals surface area contributed by atoms with E-state index in [1.165, 1.54) is 0 Å². The maximum Gasteiger partial charge on any atom is 0.124 e. The van der Waals surface area contributed by atoms with Gasteiger partial charge in [-0.25, -0.2) is 4.98 Å². The number of hydrogen-bond donors (Lipinski definition) is 2. The van der Waals surface area contributed by atoms with E-state index in [1.54, 1.807) is 13.3 Å². The van der Waals surface area contributed by atoms with E-state index >= 15 is 0 Å². The highest BCUT2D eigenvalue weighted by atomic mass is 35.5. The molecule has 2 N–H and O–H groups in total. The largest absolute Gasteiger partial charge is 0.496 e. The van der Waals surface area contributed by atoms with Crippen LogP contribution >= 0.6 is 11.6 Å². The van der Waals surface area contributed by atoms with Crippen LogP contribution in [0.3, 0.4) is 0 Å². The zero-order valence-corrected chi connectivity index (χ0v) is 11.2. The lowest BCUT2D eigenvalue weighted by Gasteiger charge is -2.14. The molecule has 2 rings (SSSR count). The molecule has 1 aromatic heterocycles. The lowest BCUT2D eigenvalue weighted by Crippen LogP contribution is -2.19. The number of hydrogen-bond acceptors (Lipinski definition) is 3. The predicted molar refractivity (Wildman–Crippen MR) is 71.8 cm³/mol. The second-order valence-corrected chi connectivity index (χ2v) is 4.40. The van der Waals surface area contributed by atoms with Crippen LogP contribution in [0.1, 0.15) is 24.4 Å². The molecule has 1 unspecified atom stereocenters. The molecule has 0 aliphatic rings. The molecule has 4 nitrogen and oxygen atoms in total. The number of H-pyrrole nitrogens is 1. The van der Waals surface area contributed by atoms with Gasteiger partial charge in [-0.15, -0.1) is 0 Å². The fraction of sp³-hybridized carbons (Fsp3) is 0.308. The Labute approximate surface area is 111 Å². The average molecular weight is 266 g/mol. The summed E-state index contributed by atoms with van der Waals surface area (Å²) in [7, 11) is 1.64. The van der Waals surface area contributed by atoms with Crippen LogP contribution in [0, 0.1) is 0 Å². The van der Waals surface area contributed by atoms with Gasteiger partial charge in [0.15, 0.2) is 0 Å². The summed E-state index contributed by atoms with van der Waals surface area (Å²) in [6, 6.07) is 5.76. The standard InChI is InChI=1S/C13H16ClN3O/c1-9(13-15-6-7-16-13)17-8-10-11(14)4-3-5-12(10)18-2/h3-7,9,17H,8H2,1-2H3,(H,15,16). The summed E-state index contributed by atoms with van der Waals surface area (Å²) >= 11 is 6.17. The molecule has 5 heteroatoms. The molecular weight excluding hydrogens is 250 g/mol. The Balaban J connectivity index is 2.06. The first kappa shape index (κ1) is 12.9. The molecule has 0 aliphatic carbocycles. The van der Waals surface area contributed by atoms with Gasteiger partial charge in [0.2, 0.25) is 0 Å². The minimum absolute atomic E-state index is 0.126. The van der Waals surface area contributed by atoms with Gasteiger partial charge in [0.25, 0.3) is 0 Å². The number of methoxy groups -OCH3 is 1. The van der Waals surface area contributed by atoms with Gasteiger partial charge >= 0.3 is 0 Å². The molecule has 1 heterocycles. The van der Waals surface area contributed by atoms with Crippen LogP contribution in [0.4, 0.5) is 0 Å². The van der Waals surface area contributed by atoms with Crippen LogP contribution < -0.4 is 10.1 Å². The number of benzene rings is 1. The van der Waals surface area contributed by atoms with Crippen molar-refractivity contribution in [2.45, 2.75) is 19.5 Å². The molecule has 1 aromatic carbocycles. The van der Waals surface area contributed by atoms with Crippen molar-refractivity contribution in [2.75, 3.05) is 7.11 Å². The van der Waals surface area contributed by atoms with Crippen LogP contribution in [0.25, 0.3) is 0 Å². The van der Waals surface area contributed by atoms with Crippen LogP contribution in [-0.2, 0) is 6.54 Å². The third-order valence-electron chi connectivity index (χ3n) is 2.81. The molecule has 0 radical (unpaired) electrons. The highest BCUT2D eigenvalue weighted by molar-refractivity contribution is 6.31. The third kappa shape index (κ3) is 2.83. The summed E-state index contributed by atoms with van der Waals surface area (Å²) in [4.78, 5) is 7.29. The van der Waals surface area contributed by atoms with E-state index in [-0.39, 0.29) is 6.04 Å². The number of halogens is 1. The molecule has 0 saturated heterocycles. The third-order valence-corrected chi connectivity index (χ3v) is 3.16. The van der Waals surface area contributed by atoms with Gasteiger partial charge in [-0.1, -0.05) is 17.7 Å². The fourth-order valence-electron chi connectivity index (χ4n) is 1.77. The first-order chi connectivity index (χ1) is 8.72. The minimum atomic E-state index is 0.126. The van der Waals surface area contributed by atoms with Crippen molar-refractivity contribution in [1.82, 2.24) is 15.3 Å². The molecule has 0 saturated carbocycles. The van der Waals surface area contributed by atoms with E-state index in [1.807, 2.05) is 31.3 Å². The Hall–Kier alpha value is -1.52. The second kappa shape index (κ2) is 5.89. The smallest absolute Gasteiger partial charge is 0.124 e. The summed E-state index contributed by atoms with van der Waals surface area (Å²) < 4.78 is 5.30. The first-order valence-electron chi connectivity index (χ1n) is 5.76. The summed E-state index contributed by atoms with van der Waals surface area (Å²) in [5.74, 6) is 1.70. The quantitative estimate of drug-likeness (QED) is 0.874. The second-order valence-electron chi connectivity index (χ2n) is 4.00. The number of rotatable bonds is 5. The van der Waals surface area contributed by atoms with E-state index in [9.17, 15) is 0 Å². The number of nitrogens with zero attached hydrogens (tertiary/aromatic N) is 1. The molecule has 2 aromatic rings. The highest BCUT2D eigenvalue weighted by Crippen LogP contribution is 2.26. The molecule has 0 aliphatic heterocycles. The van der Waals surface area contributed by atoms with Crippen molar-refractivity contribution in [1.29, 1.82) is 0 Å². The van der Waals surface area contributed by atoms with Crippen molar-refractivity contribution in [3.63, 3.8) is 0 Å². The van der Waals surface area contributed by atoms with Crippen molar-refractivity contribution in [2.24, 2.45) is 0 Å². The molecule has 0 fully saturated rings. The van der Waals surface area contributed by atoms with E-state index in [4.69, 9.17) is 16.3 Å². The topological polar surface area (TPSA) is 49.9 Å². The maximum absolute atomic E-state index is 6.17. The molecule has 0 amide bonds. The Morgan fingerprint density at radius 2 is 2.33 bits per heavy atom. The zero-order chi connectivity index (χ0) is 13.0. The Morgan fingerprint density at radius 3 is 3.00 bits per heavy atom. The van der Waals surface area contributed by atoms with E-state index in [0.717, 1.165) is 17.1 Å². The lowest BCUT2D eigenvalue weighted by atomic mass is 10.2. The van der Waals surface area contributed by atoms with Gasteiger partial charge in [-0.2, -0.15) is 0 Å². The number of nitrogens with one attached hydrogen (secondary N) is 2. The van der Waals surface area contributed by atoms with Gasteiger partial charge in [0, 0.05) is 29.5 Å². The predicted octanol–water partition coefficient (Wildman–Crippen LogP) is 2.92. The number of aromatic nitrogens is 2. The van der Waals surface area contributed by atoms with E-state index < -0.39 is 0 Å². The van der Waals surface area contributed by atoms with Gasteiger partial charge < -0.3 is 15.0 Å². The van der Waals surface area contributed by atoms with Crippen LogP contribution in [-0.4, -0.2) is 17.1 Å². The first-order valence-corrected chi connectivity index (χ1v) is 6.14. The Bertz CT molecular complexity index is 499. The van der Waals surface area contributed by atoms with E-state index in [2.05, 4.69) is 15.3 Å². The summed E-state index contributed by atoms with van der Waals surface area (Å²) in [5, 5.41) is 4.06. The van der Waals surface area contributed by atoms with Crippen LogP contribution in [0.5, 0.6) is 5.75 Å². The van der Waals surface area contributed by atoms with Gasteiger partial charge in [0.1, 0.15) is 11.6 Å². The summed E-state index contributed by atoms with van der Waals surface area (Å²) in [6.45, 7) is 2.67. The molecule has 0 spiro atoms. The number of imidazole rings is 1. The molecule has 18 heavy (non-hydrogen) atoms. The zero-order valence-electron chi connectivity index (χ0n) is 10.4. The normalized spacial score (nSPS) is 12.4. The maximum atomic E-state index is 6.17. The fourth-order valence-corrected chi connectivity index (χ4v) is 2.00. The monoisotopic (exact) mass is 265 g/mol. The van der Waals surface area contributed by atoms with Crippen LogP contribution in [0.15, 0.2) is 30.6 Å². The molecule has 1 atom stereocenters. The molecular formula is C13H16ClN3O. The average Bonchev–Trinajstić information content (AvgIpc) is 2.90. The highest BCUT2D eigenvalue weighted by Gasteiger charge is 2.11. The van der Waals surface area contributed by atoms with Gasteiger partial charge in [-0.05, 0) is 19.1 Å². The summed E-state index contributed by atoms with van der Waals surface area (Å²) in [5.41, 5.74) is 0.958. The van der Waals surface area contributed by atoms with Crippen molar-refractivity contribution in [3.8, 4) is 5.75 Å². The Kier molecular flexibility index (Phi) is 4.23. The van der Waals surface area contributed by atoms with Gasteiger partial charge in [-0.3, -0.25) is 0 Å². The van der Waals surface area contributed by atoms with Gasteiger partial charge in [0.05, 0.1) is 13.2 Å². The summed E-state index contributed by atoms with van der Waals surface area (Å²) in [6.07, 6.45) is 3.55. The van der Waals surface area contributed by atoms with E-state index in [0.29, 0.717) is 11.6 Å². The number of aromatic amines is 1. The molecule has 0 bridgehead atoms. The Morgan fingerprint density at radius 1 is 1.50 bits per heavy atom. The SMILES string of the molecule is COc1cccc(Cl)c1CNC(C)c1ncc[nH]1. The number of ether oxygens (including phenoxy) is 1. The van der Waals surface area contributed by atoms with Crippen molar-refractivity contribution < 1.29 is 4.74 Å².